The normalized spacial score (nSPS) is 15.3. The largest absolute Gasteiger partial charge is 0.489 e. The van der Waals surface area contributed by atoms with Crippen LogP contribution in [0.3, 0.4) is 0 Å². The number of carbonyl (C=O) groups excluding carboxylic acids is 4. The van der Waals surface area contributed by atoms with Gasteiger partial charge in [0.2, 0.25) is 0 Å². The Morgan fingerprint density at radius 1 is 0.872 bits per heavy atom. The highest BCUT2D eigenvalue weighted by atomic mass is 32.1. The quantitative estimate of drug-likeness (QED) is 0.206. The zero-order valence-corrected chi connectivity index (χ0v) is 25.4. The minimum atomic E-state index is -5.77. The van der Waals surface area contributed by atoms with Gasteiger partial charge in [-0.25, -0.2) is 4.98 Å². The van der Waals surface area contributed by atoms with E-state index in [1.54, 1.807) is 35.8 Å². The molecule has 252 valence electrons. The van der Waals surface area contributed by atoms with Crippen molar-refractivity contribution in [2.24, 2.45) is 0 Å². The lowest BCUT2D eigenvalue weighted by Gasteiger charge is -2.26. The number of hydrogen-bond donors (Lipinski definition) is 3. The predicted molar refractivity (Wildman–Crippen MR) is 161 cm³/mol. The van der Waals surface area contributed by atoms with Gasteiger partial charge in [0, 0.05) is 31.0 Å². The minimum Gasteiger partial charge on any atom is -0.489 e. The molecule has 0 radical (unpaired) electrons. The molecule has 0 spiro atoms. The number of nitrogens with one attached hydrogen (secondary N) is 3. The number of nitrogens with zero attached hydrogens (tertiary/aromatic N) is 2. The van der Waals surface area contributed by atoms with E-state index in [0.29, 0.717) is 27.7 Å². The Morgan fingerprint density at radius 2 is 1.53 bits per heavy atom. The van der Waals surface area contributed by atoms with E-state index in [1.165, 1.54) is 24.2 Å². The van der Waals surface area contributed by atoms with Crippen molar-refractivity contribution >= 4 is 51.9 Å². The maximum absolute atomic E-state index is 13.4. The van der Waals surface area contributed by atoms with E-state index in [2.05, 4.69) is 25.8 Å². The second-order valence-corrected chi connectivity index (χ2v) is 11.3. The Balaban J connectivity index is 0.000000356. The summed E-state index contributed by atoms with van der Waals surface area (Å²) in [5.74, 6) is -6.38. The monoisotopic (exact) mass is 685 g/mol. The van der Waals surface area contributed by atoms with E-state index < -0.39 is 23.9 Å². The standard InChI is InChI=1S/C26H29N5O3S.C4F6O2/c32-25(29-21-10-16-35-24(21)26(33)30-23-5-1-2-11-28-23)20-7-6-18(31-14-3-4-15-31)17-22(20)34-19-8-12-27-13-9-19;5-3(6,7)1(11)2(12)4(8,9)10/h1-2,5-7,10-11,16-17,19,27H,3-4,8-9,12-15H2,(H,29,32)(H,28,30,33);. The van der Waals surface area contributed by atoms with Crippen LogP contribution in [0.15, 0.2) is 54.0 Å². The Hall–Kier alpha value is -4.51. The Kier molecular flexibility index (Phi) is 11.6. The minimum absolute atomic E-state index is 0.0671. The first-order valence-electron chi connectivity index (χ1n) is 14.3. The molecule has 0 aliphatic carbocycles. The lowest BCUT2D eigenvalue weighted by Crippen LogP contribution is -2.39. The zero-order valence-electron chi connectivity index (χ0n) is 24.5. The van der Waals surface area contributed by atoms with Gasteiger partial charge in [-0.15, -0.1) is 11.3 Å². The van der Waals surface area contributed by atoms with Gasteiger partial charge < -0.3 is 25.6 Å². The van der Waals surface area contributed by atoms with E-state index in [1.807, 2.05) is 18.2 Å². The van der Waals surface area contributed by atoms with Crippen LogP contribution in [0.25, 0.3) is 0 Å². The van der Waals surface area contributed by atoms with Crippen LogP contribution in [0.2, 0.25) is 0 Å². The van der Waals surface area contributed by atoms with E-state index in [4.69, 9.17) is 4.74 Å². The fraction of sp³-hybridized carbons (Fsp3) is 0.367. The highest BCUT2D eigenvalue weighted by Crippen LogP contribution is 2.32. The number of piperidine rings is 1. The van der Waals surface area contributed by atoms with E-state index >= 15 is 0 Å². The molecule has 0 bridgehead atoms. The average molecular weight is 686 g/mol. The van der Waals surface area contributed by atoms with Gasteiger partial charge in [-0.05, 0) is 74.5 Å². The molecule has 5 rings (SSSR count). The molecule has 1 aromatic carbocycles. The van der Waals surface area contributed by atoms with Gasteiger partial charge in [0.25, 0.3) is 11.8 Å². The molecule has 0 saturated carbocycles. The maximum atomic E-state index is 13.4. The molecule has 2 aliphatic rings. The molecule has 0 atom stereocenters. The van der Waals surface area contributed by atoms with Gasteiger partial charge in [-0.3, -0.25) is 19.2 Å². The number of Topliss-reactive ketones (excluding diaryl/α,β-unsaturated/α-hetero) is 2. The van der Waals surface area contributed by atoms with Crippen LogP contribution in [-0.2, 0) is 9.59 Å². The summed E-state index contributed by atoms with van der Waals surface area (Å²) in [5.41, 5.74) is 2.01. The number of benzene rings is 1. The third kappa shape index (κ3) is 9.74. The zero-order chi connectivity index (χ0) is 34.2. The Labute approximate surface area is 268 Å². The van der Waals surface area contributed by atoms with Crippen LogP contribution >= 0.6 is 11.3 Å². The highest BCUT2D eigenvalue weighted by molar-refractivity contribution is 7.12. The van der Waals surface area contributed by atoms with Crippen molar-refractivity contribution in [1.29, 1.82) is 0 Å². The third-order valence-corrected chi connectivity index (χ3v) is 7.92. The number of ether oxygens (including phenoxy) is 1. The van der Waals surface area contributed by atoms with Crippen LogP contribution < -0.4 is 25.6 Å². The summed E-state index contributed by atoms with van der Waals surface area (Å²) in [7, 11) is 0. The molecule has 2 fully saturated rings. The topological polar surface area (TPSA) is 130 Å². The summed E-state index contributed by atoms with van der Waals surface area (Å²) in [6, 6.07) is 12.8. The van der Waals surface area contributed by atoms with Crippen molar-refractivity contribution in [2.45, 2.75) is 44.1 Å². The summed E-state index contributed by atoms with van der Waals surface area (Å²) in [4.78, 5) is 52.3. The SMILES string of the molecule is O=C(C(=O)C(F)(F)F)C(F)(F)F.O=C(Nc1ccsc1C(=O)Nc1ccccn1)c1ccc(N2CCCC2)cc1OC1CCNCC1. The number of rotatable bonds is 8. The summed E-state index contributed by atoms with van der Waals surface area (Å²) < 4.78 is 73.3. The summed E-state index contributed by atoms with van der Waals surface area (Å²) in [6.07, 6.45) is -5.71. The van der Waals surface area contributed by atoms with Gasteiger partial charge >= 0.3 is 23.9 Å². The molecule has 2 saturated heterocycles. The number of pyridine rings is 1. The first-order valence-corrected chi connectivity index (χ1v) is 15.2. The molecule has 3 N–H and O–H groups in total. The predicted octanol–water partition coefficient (Wildman–Crippen LogP) is 5.63. The second-order valence-electron chi connectivity index (χ2n) is 10.4. The van der Waals surface area contributed by atoms with Gasteiger partial charge in [-0.1, -0.05) is 6.07 Å². The summed E-state index contributed by atoms with van der Waals surface area (Å²) in [5, 5.41) is 10.8. The number of thiophene rings is 1. The molecule has 10 nitrogen and oxygen atoms in total. The third-order valence-electron chi connectivity index (χ3n) is 7.01. The average Bonchev–Trinajstić information content (AvgIpc) is 3.74. The number of ketones is 2. The molecule has 47 heavy (non-hydrogen) atoms. The molecular formula is C30H29F6N5O5S. The van der Waals surface area contributed by atoms with Crippen molar-refractivity contribution in [3.63, 3.8) is 0 Å². The molecule has 2 aromatic heterocycles. The first kappa shape index (κ1) is 35.3. The van der Waals surface area contributed by atoms with Crippen molar-refractivity contribution in [3.05, 3.63) is 64.5 Å². The molecule has 4 heterocycles. The van der Waals surface area contributed by atoms with Crippen LogP contribution in [0.1, 0.15) is 45.7 Å². The van der Waals surface area contributed by atoms with E-state index in [0.717, 1.165) is 44.7 Å². The van der Waals surface area contributed by atoms with Crippen molar-refractivity contribution in [3.8, 4) is 5.75 Å². The smallest absolute Gasteiger partial charge is 0.458 e. The lowest BCUT2D eigenvalue weighted by atomic mass is 10.1. The Morgan fingerprint density at radius 3 is 2.13 bits per heavy atom. The van der Waals surface area contributed by atoms with Crippen LogP contribution in [0.5, 0.6) is 5.75 Å². The number of halogens is 6. The number of carbonyl (C=O) groups is 4. The number of anilines is 3. The van der Waals surface area contributed by atoms with Crippen LogP contribution in [-0.4, -0.2) is 73.0 Å². The van der Waals surface area contributed by atoms with Crippen molar-refractivity contribution in [1.82, 2.24) is 10.3 Å². The van der Waals surface area contributed by atoms with Gasteiger partial charge in [-0.2, -0.15) is 26.3 Å². The number of amides is 2. The second kappa shape index (κ2) is 15.4. The van der Waals surface area contributed by atoms with Crippen LogP contribution in [0.4, 0.5) is 43.5 Å². The lowest BCUT2D eigenvalue weighted by molar-refractivity contribution is -0.193. The molecule has 2 amide bonds. The fourth-order valence-electron chi connectivity index (χ4n) is 4.70. The fourth-order valence-corrected chi connectivity index (χ4v) is 5.45. The van der Waals surface area contributed by atoms with Gasteiger partial charge in [0.1, 0.15) is 22.5 Å². The molecular weight excluding hydrogens is 656 g/mol. The molecule has 3 aromatic rings. The Bertz CT molecular complexity index is 1550. The molecule has 0 unspecified atom stereocenters. The van der Waals surface area contributed by atoms with E-state index in [9.17, 15) is 45.5 Å². The van der Waals surface area contributed by atoms with Crippen LogP contribution in [0, 0.1) is 0 Å². The number of alkyl halides is 6. The number of hydrogen-bond acceptors (Lipinski definition) is 9. The van der Waals surface area contributed by atoms with Crippen molar-refractivity contribution < 1.29 is 50.3 Å². The van der Waals surface area contributed by atoms with E-state index in [-0.39, 0.29) is 17.9 Å². The molecule has 2 aliphatic heterocycles. The summed E-state index contributed by atoms with van der Waals surface area (Å²) >= 11 is 1.27. The first-order chi connectivity index (χ1) is 22.2. The highest BCUT2D eigenvalue weighted by Gasteiger charge is 2.54. The van der Waals surface area contributed by atoms with Gasteiger partial charge in [0.05, 0.1) is 11.3 Å². The maximum Gasteiger partial charge on any atom is 0.458 e. The number of aromatic nitrogens is 1. The summed E-state index contributed by atoms with van der Waals surface area (Å²) in [6.45, 7) is 3.84. The van der Waals surface area contributed by atoms with Gasteiger partial charge in [0.15, 0.2) is 0 Å². The van der Waals surface area contributed by atoms with Crippen molar-refractivity contribution in [2.75, 3.05) is 41.7 Å². The molecule has 17 heteroatoms.